The molecule has 0 amide bonds. The first kappa shape index (κ1) is 26.7. The number of aliphatic hydroxyl groups is 2. The van der Waals surface area contributed by atoms with E-state index in [1.54, 1.807) is 0 Å². The molecule has 0 bridgehead atoms. The van der Waals surface area contributed by atoms with Crippen molar-refractivity contribution < 1.29 is 42.4 Å². The topological polar surface area (TPSA) is 152 Å². The predicted molar refractivity (Wildman–Crippen MR) is 114 cm³/mol. The maximum Gasteiger partial charge on any atom is 0.418 e. The Morgan fingerprint density at radius 1 is 1.40 bits per heavy atom. The number of alkyl halides is 3. The number of nitrogens with zero attached hydrogens (tertiary/aromatic N) is 5. The third-order valence-electron chi connectivity index (χ3n) is 5.33. The molecule has 0 spiro atoms. The van der Waals surface area contributed by atoms with Gasteiger partial charge in [0.2, 0.25) is 0 Å². The minimum absolute atomic E-state index is 0.0235. The van der Waals surface area contributed by atoms with Crippen molar-refractivity contribution in [2.24, 2.45) is 5.11 Å². The number of carbonyl (C=O) groups excluding carboxylic acids is 1. The molecule has 1 aromatic heterocycles. The van der Waals surface area contributed by atoms with Gasteiger partial charge in [-0.2, -0.15) is 18.3 Å². The first-order valence-corrected chi connectivity index (χ1v) is 10.6. The van der Waals surface area contributed by atoms with Crippen LogP contribution in [0.1, 0.15) is 34.8 Å². The fourth-order valence-corrected chi connectivity index (χ4v) is 3.97. The SMILES string of the molecule is CCOC(=O)c1cc([C@@H]2OC(CO)[C@H](O)[C@H](N=[N+]=[N-])C2OC)n(-c2cc(Cl)ccc2C(F)(F)F)n1. The molecule has 2 N–H and O–H groups in total. The quantitative estimate of drug-likeness (QED) is 0.246. The van der Waals surface area contributed by atoms with Crippen LogP contribution in [0.3, 0.4) is 0 Å². The Morgan fingerprint density at radius 2 is 2.11 bits per heavy atom. The fraction of sp³-hybridized carbons (Fsp3) is 0.500. The highest BCUT2D eigenvalue weighted by molar-refractivity contribution is 6.30. The zero-order valence-electron chi connectivity index (χ0n) is 18.4. The number of ether oxygens (including phenoxy) is 3. The van der Waals surface area contributed by atoms with Crippen LogP contribution in [0.2, 0.25) is 5.02 Å². The molecule has 2 unspecified atom stereocenters. The molecule has 1 aliphatic heterocycles. The van der Waals surface area contributed by atoms with Crippen LogP contribution in [0.4, 0.5) is 13.2 Å². The van der Waals surface area contributed by atoms with Crippen LogP contribution in [-0.2, 0) is 20.4 Å². The number of hydrogen-bond acceptors (Lipinski definition) is 8. The molecule has 0 aliphatic carbocycles. The number of benzene rings is 1. The van der Waals surface area contributed by atoms with E-state index in [2.05, 4.69) is 15.1 Å². The van der Waals surface area contributed by atoms with Gasteiger partial charge in [-0.25, -0.2) is 9.48 Å². The molecule has 15 heteroatoms. The summed E-state index contributed by atoms with van der Waals surface area (Å²) in [4.78, 5) is 15.1. The van der Waals surface area contributed by atoms with Gasteiger partial charge in [0.25, 0.3) is 0 Å². The van der Waals surface area contributed by atoms with Gasteiger partial charge in [0.1, 0.15) is 18.3 Å². The molecule has 35 heavy (non-hydrogen) atoms. The minimum Gasteiger partial charge on any atom is -0.461 e. The number of azide groups is 1. The largest absolute Gasteiger partial charge is 0.461 e. The number of halogens is 4. The summed E-state index contributed by atoms with van der Waals surface area (Å²) in [6.07, 6.45) is -10.2. The van der Waals surface area contributed by atoms with E-state index in [1.807, 2.05) is 0 Å². The van der Waals surface area contributed by atoms with Crippen molar-refractivity contribution in [1.82, 2.24) is 9.78 Å². The lowest BCUT2D eigenvalue weighted by Gasteiger charge is -2.42. The van der Waals surface area contributed by atoms with E-state index in [0.717, 1.165) is 28.9 Å². The number of aromatic nitrogens is 2. The number of esters is 1. The van der Waals surface area contributed by atoms with E-state index in [1.165, 1.54) is 14.0 Å². The highest BCUT2D eigenvalue weighted by Crippen LogP contribution is 2.40. The van der Waals surface area contributed by atoms with Crippen LogP contribution in [0.25, 0.3) is 16.1 Å². The number of rotatable bonds is 7. The number of methoxy groups -OCH3 is 1. The Bertz CT molecular complexity index is 1120. The highest BCUT2D eigenvalue weighted by atomic mass is 35.5. The third kappa shape index (κ3) is 5.37. The van der Waals surface area contributed by atoms with Crippen molar-refractivity contribution in [1.29, 1.82) is 0 Å². The average Bonchev–Trinajstić information content (AvgIpc) is 3.25. The van der Waals surface area contributed by atoms with Gasteiger partial charge in [0, 0.05) is 17.0 Å². The zero-order valence-corrected chi connectivity index (χ0v) is 19.1. The Labute approximate surface area is 201 Å². The normalized spacial score (nSPS) is 24.6. The Balaban J connectivity index is 2.28. The van der Waals surface area contributed by atoms with E-state index in [0.29, 0.717) is 0 Å². The van der Waals surface area contributed by atoms with Crippen molar-refractivity contribution >= 4 is 17.6 Å². The molecule has 1 fully saturated rings. The maximum absolute atomic E-state index is 13.8. The number of hydrogen-bond donors (Lipinski definition) is 2. The van der Waals surface area contributed by atoms with E-state index >= 15 is 0 Å². The molecule has 0 saturated carbocycles. The van der Waals surface area contributed by atoms with Crippen LogP contribution in [0, 0.1) is 0 Å². The Kier molecular flexibility index (Phi) is 8.26. The summed E-state index contributed by atoms with van der Waals surface area (Å²) >= 11 is 5.98. The summed E-state index contributed by atoms with van der Waals surface area (Å²) in [5.41, 5.74) is 6.84. The minimum atomic E-state index is -4.82. The van der Waals surface area contributed by atoms with E-state index in [9.17, 15) is 28.2 Å². The molecule has 0 radical (unpaired) electrons. The molecule has 3 rings (SSSR count). The zero-order chi connectivity index (χ0) is 25.9. The summed E-state index contributed by atoms with van der Waals surface area (Å²) in [6.45, 7) is 0.803. The summed E-state index contributed by atoms with van der Waals surface area (Å²) in [6, 6.07) is 2.65. The molecule has 2 heterocycles. The lowest BCUT2D eigenvalue weighted by molar-refractivity contribution is -0.199. The summed E-state index contributed by atoms with van der Waals surface area (Å²) < 4.78 is 58.4. The first-order valence-electron chi connectivity index (χ1n) is 10.2. The Hall–Kier alpha value is -2.87. The molecule has 2 aromatic rings. The van der Waals surface area contributed by atoms with Crippen molar-refractivity contribution in [2.45, 2.75) is 43.6 Å². The van der Waals surface area contributed by atoms with Gasteiger partial charge in [-0.3, -0.25) is 0 Å². The molecule has 190 valence electrons. The van der Waals surface area contributed by atoms with Gasteiger partial charge in [0.05, 0.1) is 42.3 Å². The fourth-order valence-electron chi connectivity index (χ4n) is 3.80. The smallest absolute Gasteiger partial charge is 0.418 e. The standard InChI is InChI=1S/C20H21ClF3N5O6/c1-3-34-19(32)11-7-13(17-18(33-2)15(26-28-25)16(31)14(8-30)35-17)29(27-11)12-6-9(21)4-5-10(12)20(22,23)24/h4-7,14-18,30-31H,3,8H2,1-2H3/t14?,15-,16-,17-,18?/m0/s1. The van der Waals surface area contributed by atoms with Crippen LogP contribution in [-0.4, -0.2) is 70.6 Å². The Morgan fingerprint density at radius 3 is 2.69 bits per heavy atom. The van der Waals surface area contributed by atoms with Crippen LogP contribution in [0.5, 0.6) is 0 Å². The monoisotopic (exact) mass is 519 g/mol. The second-order valence-corrected chi connectivity index (χ2v) is 7.85. The predicted octanol–water partition coefficient (Wildman–Crippen LogP) is 3.21. The van der Waals surface area contributed by atoms with E-state index in [4.69, 9.17) is 31.3 Å². The number of aliphatic hydroxyl groups excluding tert-OH is 2. The number of carbonyl (C=O) groups is 1. The van der Waals surface area contributed by atoms with Crippen LogP contribution in [0.15, 0.2) is 29.4 Å². The maximum atomic E-state index is 13.8. The van der Waals surface area contributed by atoms with Gasteiger partial charge >= 0.3 is 12.1 Å². The second kappa shape index (κ2) is 10.8. The van der Waals surface area contributed by atoms with Gasteiger partial charge in [-0.05, 0) is 36.7 Å². The van der Waals surface area contributed by atoms with Crippen molar-refractivity contribution in [3.63, 3.8) is 0 Å². The lowest BCUT2D eigenvalue weighted by atomic mass is 9.91. The molecular weight excluding hydrogens is 499 g/mol. The molecule has 1 aromatic carbocycles. The average molecular weight is 520 g/mol. The lowest BCUT2D eigenvalue weighted by Crippen LogP contribution is -2.55. The highest BCUT2D eigenvalue weighted by Gasteiger charge is 2.47. The van der Waals surface area contributed by atoms with Gasteiger partial charge in [0.15, 0.2) is 5.69 Å². The molecular formula is C20H21ClF3N5O6. The molecule has 1 aliphatic rings. The summed E-state index contributed by atoms with van der Waals surface area (Å²) in [5.74, 6) is -0.918. The second-order valence-electron chi connectivity index (χ2n) is 7.41. The van der Waals surface area contributed by atoms with Crippen molar-refractivity contribution in [2.75, 3.05) is 20.3 Å². The first-order chi connectivity index (χ1) is 16.6. The van der Waals surface area contributed by atoms with Gasteiger partial charge in [-0.1, -0.05) is 16.7 Å². The van der Waals surface area contributed by atoms with Crippen LogP contribution >= 0.6 is 11.6 Å². The summed E-state index contributed by atoms with van der Waals surface area (Å²) in [5, 5.41) is 27.7. The van der Waals surface area contributed by atoms with Crippen molar-refractivity contribution in [3.8, 4) is 5.69 Å². The summed E-state index contributed by atoms with van der Waals surface area (Å²) in [7, 11) is 1.21. The van der Waals surface area contributed by atoms with Crippen LogP contribution < -0.4 is 0 Å². The van der Waals surface area contributed by atoms with Crippen molar-refractivity contribution in [3.05, 3.63) is 56.7 Å². The third-order valence-corrected chi connectivity index (χ3v) is 5.57. The van der Waals surface area contributed by atoms with Gasteiger partial charge < -0.3 is 24.4 Å². The van der Waals surface area contributed by atoms with Gasteiger partial charge in [-0.15, -0.1) is 0 Å². The molecule has 1 saturated heterocycles. The molecule has 5 atom stereocenters. The van der Waals surface area contributed by atoms with E-state index < -0.39 is 60.5 Å². The van der Waals surface area contributed by atoms with E-state index in [-0.39, 0.29) is 23.0 Å². The molecule has 11 nitrogen and oxygen atoms in total.